The van der Waals surface area contributed by atoms with Gasteiger partial charge in [-0.3, -0.25) is 4.79 Å². The van der Waals surface area contributed by atoms with Crippen molar-refractivity contribution in [2.75, 3.05) is 5.32 Å². The van der Waals surface area contributed by atoms with Gasteiger partial charge in [0.05, 0.1) is 6.54 Å². The van der Waals surface area contributed by atoms with Crippen LogP contribution in [0.1, 0.15) is 41.7 Å². The standard InChI is InChI=1S/C18H18N4O3S/c23-16(12-8-4-5-9-12)20-18-19-15-14(26-18)13(17(24)25)21-22(15)10-11-6-2-1-3-7-11/h1-3,6-7,12H,4-5,8-10H2,(H,24,25)(H,19,20,23). The molecule has 0 bridgehead atoms. The van der Waals surface area contributed by atoms with Crippen molar-refractivity contribution in [3.8, 4) is 0 Å². The molecule has 2 heterocycles. The summed E-state index contributed by atoms with van der Waals surface area (Å²) in [6.07, 6.45) is 3.96. The van der Waals surface area contributed by atoms with Gasteiger partial charge < -0.3 is 10.4 Å². The van der Waals surface area contributed by atoms with E-state index in [0.29, 0.717) is 22.0 Å². The molecule has 1 amide bonds. The minimum absolute atomic E-state index is 0.0293. The lowest BCUT2D eigenvalue weighted by Gasteiger charge is -2.07. The number of aromatic carboxylic acids is 1. The van der Waals surface area contributed by atoms with E-state index in [0.717, 1.165) is 42.6 Å². The average Bonchev–Trinajstić information content (AvgIpc) is 3.33. The Bertz CT molecular complexity index is 958. The highest BCUT2D eigenvalue weighted by Gasteiger charge is 2.25. The maximum absolute atomic E-state index is 12.3. The summed E-state index contributed by atoms with van der Waals surface area (Å²) in [7, 11) is 0. The predicted molar refractivity (Wildman–Crippen MR) is 98.5 cm³/mol. The monoisotopic (exact) mass is 370 g/mol. The summed E-state index contributed by atoms with van der Waals surface area (Å²) < 4.78 is 2.06. The van der Waals surface area contributed by atoms with Crippen molar-refractivity contribution in [1.29, 1.82) is 0 Å². The molecule has 3 aromatic rings. The molecular formula is C18H18N4O3S. The maximum atomic E-state index is 12.3. The summed E-state index contributed by atoms with van der Waals surface area (Å²) >= 11 is 1.16. The van der Waals surface area contributed by atoms with E-state index in [9.17, 15) is 14.7 Å². The van der Waals surface area contributed by atoms with Crippen LogP contribution >= 0.6 is 11.3 Å². The van der Waals surface area contributed by atoms with Crippen LogP contribution in [0.4, 0.5) is 5.13 Å². The summed E-state index contributed by atoms with van der Waals surface area (Å²) in [6.45, 7) is 0.421. The van der Waals surface area contributed by atoms with Gasteiger partial charge in [-0.2, -0.15) is 10.1 Å². The first-order chi connectivity index (χ1) is 12.6. The lowest BCUT2D eigenvalue weighted by atomic mass is 10.1. The van der Waals surface area contributed by atoms with Gasteiger partial charge in [-0.25, -0.2) is 9.48 Å². The molecular weight excluding hydrogens is 352 g/mol. The quantitative estimate of drug-likeness (QED) is 0.718. The zero-order chi connectivity index (χ0) is 18.1. The summed E-state index contributed by atoms with van der Waals surface area (Å²) in [5.41, 5.74) is 1.45. The molecule has 0 radical (unpaired) electrons. The van der Waals surface area contributed by atoms with Gasteiger partial charge in [0.25, 0.3) is 0 Å². The molecule has 0 aliphatic heterocycles. The van der Waals surface area contributed by atoms with Crippen molar-refractivity contribution < 1.29 is 14.7 Å². The Morgan fingerprint density at radius 2 is 1.96 bits per heavy atom. The molecule has 0 spiro atoms. The summed E-state index contributed by atoms with van der Waals surface area (Å²) in [4.78, 5) is 28.3. The van der Waals surface area contributed by atoms with E-state index in [1.807, 2.05) is 30.3 Å². The van der Waals surface area contributed by atoms with Crippen LogP contribution in [0, 0.1) is 5.92 Å². The number of fused-ring (bicyclic) bond motifs is 1. The van der Waals surface area contributed by atoms with Crippen LogP contribution in [0.3, 0.4) is 0 Å². The van der Waals surface area contributed by atoms with Crippen LogP contribution in [0.15, 0.2) is 30.3 Å². The fourth-order valence-electron chi connectivity index (χ4n) is 3.31. The largest absolute Gasteiger partial charge is 0.476 e. The van der Waals surface area contributed by atoms with Crippen molar-refractivity contribution in [3.05, 3.63) is 41.6 Å². The van der Waals surface area contributed by atoms with Crippen LogP contribution in [-0.2, 0) is 11.3 Å². The number of nitrogens with zero attached hydrogens (tertiary/aromatic N) is 3. The summed E-state index contributed by atoms with van der Waals surface area (Å²) in [5, 5.41) is 16.9. The van der Waals surface area contributed by atoms with E-state index in [4.69, 9.17) is 0 Å². The number of hydrogen-bond donors (Lipinski definition) is 2. The molecule has 134 valence electrons. The number of thiazole rings is 1. The predicted octanol–water partition coefficient (Wildman–Crippen LogP) is 3.37. The normalized spacial score (nSPS) is 14.8. The molecule has 1 fully saturated rings. The number of benzene rings is 1. The van der Waals surface area contributed by atoms with Crippen LogP contribution in [0.5, 0.6) is 0 Å². The van der Waals surface area contributed by atoms with Crippen LogP contribution in [-0.4, -0.2) is 31.7 Å². The zero-order valence-corrected chi connectivity index (χ0v) is 14.8. The third kappa shape index (κ3) is 3.20. The van der Waals surface area contributed by atoms with Gasteiger partial charge in [-0.05, 0) is 18.4 Å². The Labute approximate surface area is 153 Å². The van der Waals surface area contributed by atoms with Gasteiger partial charge in [0.15, 0.2) is 16.5 Å². The second-order valence-corrected chi connectivity index (χ2v) is 7.44. The molecule has 8 heteroatoms. The third-order valence-electron chi connectivity index (χ3n) is 4.62. The van der Waals surface area contributed by atoms with E-state index in [-0.39, 0.29) is 17.5 Å². The molecule has 4 rings (SSSR count). The Morgan fingerprint density at radius 1 is 1.23 bits per heavy atom. The number of carboxylic acid groups (broad SMARTS) is 1. The molecule has 1 aromatic carbocycles. The van der Waals surface area contributed by atoms with Gasteiger partial charge in [-0.15, -0.1) is 0 Å². The Hall–Kier alpha value is -2.74. The van der Waals surface area contributed by atoms with Gasteiger partial charge in [0.1, 0.15) is 4.70 Å². The van der Waals surface area contributed by atoms with E-state index >= 15 is 0 Å². The molecule has 2 aromatic heterocycles. The molecule has 2 N–H and O–H groups in total. The van der Waals surface area contributed by atoms with Gasteiger partial charge in [-0.1, -0.05) is 54.5 Å². The highest BCUT2D eigenvalue weighted by atomic mass is 32.1. The number of hydrogen-bond acceptors (Lipinski definition) is 5. The van der Waals surface area contributed by atoms with Crippen molar-refractivity contribution in [2.24, 2.45) is 5.92 Å². The number of carboxylic acids is 1. The first kappa shape index (κ1) is 16.7. The smallest absolute Gasteiger partial charge is 0.357 e. The number of carbonyl (C=O) groups excluding carboxylic acids is 1. The molecule has 0 unspecified atom stereocenters. The fourth-order valence-corrected chi connectivity index (χ4v) is 4.25. The first-order valence-corrected chi connectivity index (χ1v) is 9.39. The van der Waals surface area contributed by atoms with Crippen molar-refractivity contribution >= 4 is 38.7 Å². The minimum atomic E-state index is -1.10. The maximum Gasteiger partial charge on any atom is 0.357 e. The number of carbonyl (C=O) groups is 2. The van der Waals surface area contributed by atoms with Gasteiger partial charge >= 0.3 is 5.97 Å². The zero-order valence-electron chi connectivity index (χ0n) is 14.0. The molecule has 7 nitrogen and oxygen atoms in total. The number of anilines is 1. The topological polar surface area (TPSA) is 97.1 Å². The molecule has 1 saturated carbocycles. The van der Waals surface area contributed by atoms with Crippen molar-refractivity contribution in [3.63, 3.8) is 0 Å². The fraction of sp³-hybridized carbons (Fsp3) is 0.333. The number of rotatable bonds is 5. The lowest BCUT2D eigenvalue weighted by molar-refractivity contribution is -0.119. The molecule has 1 aliphatic rings. The number of aromatic nitrogens is 3. The highest BCUT2D eigenvalue weighted by molar-refractivity contribution is 7.22. The average molecular weight is 370 g/mol. The minimum Gasteiger partial charge on any atom is -0.476 e. The lowest BCUT2D eigenvalue weighted by Crippen LogP contribution is -2.20. The molecule has 26 heavy (non-hydrogen) atoms. The van der Waals surface area contributed by atoms with Crippen LogP contribution in [0.2, 0.25) is 0 Å². The van der Waals surface area contributed by atoms with Gasteiger partial charge in [0, 0.05) is 5.92 Å². The second kappa shape index (κ2) is 6.87. The Morgan fingerprint density at radius 3 is 2.65 bits per heavy atom. The summed E-state index contributed by atoms with van der Waals surface area (Å²) in [6, 6.07) is 9.65. The van der Waals surface area contributed by atoms with E-state index in [1.54, 1.807) is 4.68 Å². The molecule has 1 aliphatic carbocycles. The van der Waals surface area contributed by atoms with E-state index < -0.39 is 5.97 Å². The Kier molecular flexibility index (Phi) is 4.42. The van der Waals surface area contributed by atoms with E-state index in [1.165, 1.54) is 0 Å². The van der Waals surface area contributed by atoms with Crippen LogP contribution in [0.25, 0.3) is 10.3 Å². The SMILES string of the molecule is O=C(O)c1nn(Cc2ccccc2)c2nc(NC(=O)C3CCCC3)sc12. The first-order valence-electron chi connectivity index (χ1n) is 8.57. The number of nitrogens with one attached hydrogen (secondary N) is 1. The Balaban J connectivity index is 1.65. The second-order valence-electron chi connectivity index (χ2n) is 6.44. The van der Waals surface area contributed by atoms with E-state index in [2.05, 4.69) is 15.4 Å². The van der Waals surface area contributed by atoms with Crippen LogP contribution < -0.4 is 5.32 Å². The number of amides is 1. The van der Waals surface area contributed by atoms with Gasteiger partial charge in [0.2, 0.25) is 5.91 Å². The molecule has 0 atom stereocenters. The van der Waals surface area contributed by atoms with Crippen molar-refractivity contribution in [2.45, 2.75) is 32.2 Å². The van der Waals surface area contributed by atoms with Crippen molar-refractivity contribution in [1.82, 2.24) is 14.8 Å². The third-order valence-corrected chi connectivity index (χ3v) is 5.59. The highest BCUT2D eigenvalue weighted by Crippen LogP contribution is 2.31. The molecule has 0 saturated heterocycles. The summed E-state index contributed by atoms with van der Waals surface area (Å²) in [5.74, 6) is -1.10.